The average Bonchev–Trinajstić information content (AvgIpc) is 3.10. The van der Waals surface area contributed by atoms with Crippen LogP contribution >= 0.6 is 0 Å². The second-order valence-electron chi connectivity index (χ2n) is 6.73. The summed E-state index contributed by atoms with van der Waals surface area (Å²) in [5, 5.41) is 0. The minimum absolute atomic E-state index is 0.0613. The van der Waals surface area contributed by atoms with Gasteiger partial charge in [0.15, 0.2) is 0 Å². The molecule has 1 amide bonds. The first-order valence-electron chi connectivity index (χ1n) is 8.78. The van der Waals surface area contributed by atoms with Gasteiger partial charge in [0, 0.05) is 19.2 Å². The number of rotatable bonds is 5. The summed E-state index contributed by atoms with van der Waals surface area (Å²) in [6.07, 6.45) is 5.56. The lowest BCUT2D eigenvalue weighted by Crippen LogP contribution is -2.29. The van der Waals surface area contributed by atoms with Gasteiger partial charge >= 0.3 is 0 Å². The molecule has 1 atom stereocenters. The molecule has 0 radical (unpaired) electrons. The Hall–Kier alpha value is -2.46. The summed E-state index contributed by atoms with van der Waals surface area (Å²) >= 11 is 0. The van der Waals surface area contributed by atoms with Crippen LogP contribution in [0.4, 0.5) is 0 Å². The fourth-order valence-electron chi connectivity index (χ4n) is 3.26. The maximum atomic E-state index is 12.7. The molecule has 1 aliphatic heterocycles. The van der Waals surface area contributed by atoms with Crippen molar-refractivity contribution < 1.29 is 4.79 Å². The minimum atomic E-state index is 0.0613. The fourth-order valence-corrected chi connectivity index (χ4v) is 3.26. The normalized spacial score (nSPS) is 17.6. The smallest absolute Gasteiger partial charge is 0.247 e. The number of hydrogen-bond donors (Lipinski definition) is 0. The van der Waals surface area contributed by atoms with Crippen molar-refractivity contribution in [2.45, 2.75) is 25.4 Å². The molecule has 0 spiro atoms. The third kappa shape index (κ3) is 4.54. The molecule has 0 unspecified atom stereocenters. The van der Waals surface area contributed by atoms with E-state index in [0.29, 0.717) is 0 Å². The molecule has 1 saturated heterocycles. The van der Waals surface area contributed by atoms with E-state index in [4.69, 9.17) is 4.98 Å². The first kappa shape index (κ1) is 17.4. The van der Waals surface area contributed by atoms with Crippen LogP contribution in [-0.2, 0) is 11.3 Å². The summed E-state index contributed by atoms with van der Waals surface area (Å²) < 4.78 is 0. The van der Waals surface area contributed by atoms with Crippen molar-refractivity contribution in [1.82, 2.24) is 14.8 Å². The molecule has 2 heterocycles. The van der Waals surface area contributed by atoms with Crippen LogP contribution in [0.15, 0.2) is 54.6 Å². The van der Waals surface area contributed by atoms with Crippen molar-refractivity contribution in [3.05, 3.63) is 71.6 Å². The Kier molecular flexibility index (Phi) is 5.61. The largest absolute Gasteiger partial charge is 0.331 e. The summed E-state index contributed by atoms with van der Waals surface area (Å²) in [4.78, 5) is 21.5. The second-order valence-corrected chi connectivity index (χ2v) is 6.73. The Morgan fingerprint density at radius 1 is 1.20 bits per heavy atom. The van der Waals surface area contributed by atoms with E-state index < -0.39 is 0 Å². The second kappa shape index (κ2) is 8.08. The monoisotopic (exact) mass is 335 g/mol. The number of carbonyl (C=O) groups excluding carboxylic acids is 1. The van der Waals surface area contributed by atoms with Crippen LogP contribution in [0.25, 0.3) is 6.08 Å². The Morgan fingerprint density at radius 2 is 2.00 bits per heavy atom. The standard InChI is InChI=1S/C21H25N3O/c1-23(2)16-18-10-6-11-19(22-18)20-12-7-15-24(20)21(25)14-13-17-8-4-3-5-9-17/h3-6,8-11,13-14,20H,7,12,15-16H2,1-2H3/b14-13+/t20-/m0/s1. The van der Waals surface area contributed by atoms with Crippen LogP contribution in [-0.4, -0.2) is 41.3 Å². The van der Waals surface area contributed by atoms with Gasteiger partial charge in [0.1, 0.15) is 0 Å². The Labute approximate surface area is 149 Å². The van der Waals surface area contributed by atoms with E-state index >= 15 is 0 Å². The van der Waals surface area contributed by atoms with E-state index in [1.165, 1.54) is 0 Å². The Morgan fingerprint density at radius 3 is 2.76 bits per heavy atom. The number of amides is 1. The third-order valence-electron chi connectivity index (χ3n) is 4.40. The molecule has 1 aromatic carbocycles. The van der Waals surface area contributed by atoms with Gasteiger partial charge in [-0.25, -0.2) is 0 Å². The lowest BCUT2D eigenvalue weighted by molar-refractivity contribution is -0.126. The van der Waals surface area contributed by atoms with Gasteiger partial charge in [-0.15, -0.1) is 0 Å². The van der Waals surface area contributed by atoms with E-state index in [1.807, 2.05) is 73.6 Å². The van der Waals surface area contributed by atoms with Gasteiger partial charge < -0.3 is 9.80 Å². The molecule has 1 fully saturated rings. The summed E-state index contributed by atoms with van der Waals surface area (Å²) in [6, 6.07) is 16.1. The molecule has 4 heteroatoms. The molecule has 0 bridgehead atoms. The number of hydrogen-bond acceptors (Lipinski definition) is 3. The molecule has 0 N–H and O–H groups in total. The van der Waals surface area contributed by atoms with Gasteiger partial charge in [0.2, 0.25) is 5.91 Å². The van der Waals surface area contributed by atoms with Crippen molar-refractivity contribution in [2.75, 3.05) is 20.6 Å². The molecule has 1 aliphatic rings. The minimum Gasteiger partial charge on any atom is -0.331 e. The maximum Gasteiger partial charge on any atom is 0.247 e. The zero-order chi connectivity index (χ0) is 17.6. The van der Waals surface area contributed by atoms with Crippen molar-refractivity contribution in [3.8, 4) is 0 Å². The topological polar surface area (TPSA) is 36.4 Å². The average molecular weight is 335 g/mol. The Bertz CT molecular complexity index is 740. The highest BCUT2D eigenvalue weighted by Gasteiger charge is 2.29. The van der Waals surface area contributed by atoms with E-state index in [9.17, 15) is 4.79 Å². The van der Waals surface area contributed by atoms with Crippen molar-refractivity contribution in [1.29, 1.82) is 0 Å². The number of pyridine rings is 1. The molecule has 2 aromatic rings. The molecular weight excluding hydrogens is 310 g/mol. The molecular formula is C21H25N3O. The first-order valence-corrected chi connectivity index (χ1v) is 8.78. The quantitative estimate of drug-likeness (QED) is 0.785. The van der Waals surface area contributed by atoms with Crippen molar-refractivity contribution in [3.63, 3.8) is 0 Å². The summed E-state index contributed by atoms with van der Waals surface area (Å²) in [5.74, 6) is 0.0613. The van der Waals surface area contributed by atoms with Gasteiger partial charge in [-0.1, -0.05) is 36.4 Å². The predicted molar refractivity (Wildman–Crippen MR) is 101 cm³/mol. The highest BCUT2D eigenvalue weighted by atomic mass is 16.2. The van der Waals surface area contributed by atoms with E-state index in [1.54, 1.807) is 6.08 Å². The molecule has 130 valence electrons. The molecule has 3 rings (SSSR count). The number of aromatic nitrogens is 1. The zero-order valence-electron chi connectivity index (χ0n) is 14.9. The lowest BCUT2D eigenvalue weighted by atomic mass is 10.1. The number of likely N-dealkylation sites (tertiary alicyclic amines) is 1. The van der Waals surface area contributed by atoms with Gasteiger partial charge in [-0.3, -0.25) is 9.78 Å². The highest BCUT2D eigenvalue weighted by Crippen LogP contribution is 2.31. The van der Waals surface area contributed by atoms with E-state index in [0.717, 1.165) is 42.9 Å². The van der Waals surface area contributed by atoms with Crippen molar-refractivity contribution in [2.24, 2.45) is 0 Å². The van der Waals surface area contributed by atoms with E-state index in [2.05, 4.69) is 4.90 Å². The summed E-state index contributed by atoms with van der Waals surface area (Å²) in [6.45, 7) is 1.60. The first-order chi connectivity index (χ1) is 12.1. The SMILES string of the molecule is CN(C)Cc1cccc([C@@H]2CCCN2C(=O)/C=C/c2ccccc2)n1. The summed E-state index contributed by atoms with van der Waals surface area (Å²) in [7, 11) is 4.07. The summed E-state index contributed by atoms with van der Waals surface area (Å²) in [5.41, 5.74) is 3.08. The maximum absolute atomic E-state index is 12.7. The molecule has 1 aromatic heterocycles. The van der Waals surface area contributed by atoms with Crippen LogP contribution in [0.1, 0.15) is 35.8 Å². The highest BCUT2D eigenvalue weighted by molar-refractivity contribution is 5.92. The van der Waals surface area contributed by atoms with Gasteiger partial charge in [0.25, 0.3) is 0 Å². The van der Waals surface area contributed by atoms with Crippen LogP contribution in [0.3, 0.4) is 0 Å². The van der Waals surface area contributed by atoms with Crippen LogP contribution in [0, 0.1) is 0 Å². The Balaban J connectivity index is 1.74. The van der Waals surface area contributed by atoms with Crippen LogP contribution in [0.2, 0.25) is 0 Å². The zero-order valence-corrected chi connectivity index (χ0v) is 14.9. The van der Waals surface area contributed by atoms with Gasteiger partial charge in [-0.2, -0.15) is 0 Å². The lowest BCUT2D eigenvalue weighted by Gasteiger charge is -2.23. The number of benzene rings is 1. The molecule has 0 saturated carbocycles. The van der Waals surface area contributed by atoms with Gasteiger partial charge in [-0.05, 0) is 50.7 Å². The molecule has 4 nitrogen and oxygen atoms in total. The molecule has 0 aliphatic carbocycles. The molecule has 25 heavy (non-hydrogen) atoms. The fraction of sp³-hybridized carbons (Fsp3) is 0.333. The van der Waals surface area contributed by atoms with Crippen LogP contribution < -0.4 is 0 Å². The van der Waals surface area contributed by atoms with E-state index in [-0.39, 0.29) is 11.9 Å². The third-order valence-corrected chi connectivity index (χ3v) is 4.40. The predicted octanol–water partition coefficient (Wildman–Crippen LogP) is 3.52. The van der Waals surface area contributed by atoms with Crippen LogP contribution in [0.5, 0.6) is 0 Å². The van der Waals surface area contributed by atoms with Crippen molar-refractivity contribution >= 4 is 12.0 Å². The van der Waals surface area contributed by atoms with Gasteiger partial charge in [0.05, 0.1) is 17.4 Å². The number of carbonyl (C=O) groups is 1. The number of nitrogens with zero attached hydrogens (tertiary/aromatic N) is 3.